The van der Waals surface area contributed by atoms with E-state index >= 15 is 0 Å². The topological polar surface area (TPSA) is 68.5 Å². The Kier molecular flexibility index (Phi) is 3.75. The SMILES string of the molecule is COCC1CCN(C(=O)c2cnc(N)c3ccccc23)C1. The van der Waals surface area contributed by atoms with Crippen LogP contribution in [0.2, 0.25) is 0 Å². The van der Waals surface area contributed by atoms with Gasteiger partial charge in [-0.25, -0.2) is 4.98 Å². The van der Waals surface area contributed by atoms with Gasteiger partial charge >= 0.3 is 0 Å². The second kappa shape index (κ2) is 5.69. The largest absolute Gasteiger partial charge is 0.384 e. The van der Waals surface area contributed by atoms with Crippen LogP contribution in [0.4, 0.5) is 5.82 Å². The average molecular weight is 285 g/mol. The number of nitrogen functional groups attached to an aromatic ring is 1. The second-order valence-electron chi connectivity index (χ2n) is 5.46. The molecule has 5 nitrogen and oxygen atoms in total. The van der Waals surface area contributed by atoms with E-state index in [2.05, 4.69) is 4.98 Å². The fraction of sp³-hybridized carbons (Fsp3) is 0.375. The lowest BCUT2D eigenvalue weighted by atomic mass is 10.1. The van der Waals surface area contributed by atoms with Crippen LogP contribution < -0.4 is 5.73 Å². The number of fused-ring (bicyclic) bond motifs is 1. The van der Waals surface area contributed by atoms with Crippen LogP contribution in [0.15, 0.2) is 30.5 Å². The Labute approximate surface area is 123 Å². The van der Waals surface area contributed by atoms with Crippen LogP contribution in [0.3, 0.4) is 0 Å². The highest BCUT2D eigenvalue weighted by molar-refractivity contribution is 6.09. The molecule has 2 N–H and O–H groups in total. The van der Waals surface area contributed by atoms with Crippen molar-refractivity contribution in [1.29, 1.82) is 0 Å². The smallest absolute Gasteiger partial charge is 0.256 e. The quantitative estimate of drug-likeness (QED) is 0.935. The van der Waals surface area contributed by atoms with Crippen molar-refractivity contribution in [2.75, 3.05) is 32.5 Å². The number of carbonyl (C=O) groups is 1. The molecule has 0 aliphatic carbocycles. The van der Waals surface area contributed by atoms with Crippen molar-refractivity contribution < 1.29 is 9.53 Å². The number of anilines is 1. The zero-order valence-electron chi connectivity index (χ0n) is 12.1. The van der Waals surface area contributed by atoms with Gasteiger partial charge in [0.1, 0.15) is 5.82 Å². The summed E-state index contributed by atoms with van der Waals surface area (Å²) in [6.45, 7) is 2.21. The van der Waals surface area contributed by atoms with Crippen molar-refractivity contribution in [2.45, 2.75) is 6.42 Å². The molecule has 0 radical (unpaired) electrons. The third kappa shape index (κ3) is 2.56. The van der Waals surface area contributed by atoms with Crippen molar-refractivity contribution in [2.24, 2.45) is 5.92 Å². The first-order chi connectivity index (χ1) is 10.2. The van der Waals surface area contributed by atoms with Crippen molar-refractivity contribution in [3.8, 4) is 0 Å². The first-order valence-electron chi connectivity index (χ1n) is 7.12. The summed E-state index contributed by atoms with van der Waals surface area (Å²) < 4.78 is 5.18. The predicted molar refractivity (Wildman–Crippen MR) is 82.0 cm³/mol. The second-order valence-corrected chi connectivity index (χ2v) is 5.46. The van der Waals surface area contributed by atoms with Crippen LogP contribution in [0.1, 0.15) is 16.8 Å². The maximum Gasteiger partial charge on any atom is 0.256 e. The fourth-order valence-electron chi connectivity index (χ4n) is 2.94. The molecule has 1 atom stereocenters. The van der Waals surface area contributed by atoms with Gasteiger partial charge in [0.15, 0.2) is 0 Å². The molecule has 1 aromatic heterocycles. The van der Waals surface area contributed by atoms with Gasteiger partial charge in [-0.3, -0.25) is 4.79 Å². The molecule has 2 aromatic rings. The van der Waals surface area contributed by atoms with E-state index < -0.39 is 0 Å². The minimum Gasteiger partial charge on any atom is -0.384 e. The number of carbonyl (C=O) groups excluding carboxylic acids is 1. The van der Waals surface area contributed by atoms with Crippen LogP contribution >= 0.6 is 0 Å². The van der Waals surface area contributed by atoms with Gasteiger partial charge in [0, 0.05) is 37.7 Å². The van der Waals surface area contributed by atoms with Gasteiger partial charge in [0.2, 0.25) is 0 Å². The number of hydrogen-bond acceptors (Lipinski definition) is 4. The molecule has 0 bridgehead atoms. The highest BCUT2D eigenvalue weighted by Crippen LogP contribution is 2.25. The minimum absolute atomic E-state index is 0.0253. The molecular formula is C16H19N3O2. The Morgan fingerprint density at radius 2 is 2.19 bits per heavy atom. The van der Waals surface area contributed by atoms with Crippen molar-refractivity contribution in [3.63, 3.8) is 0 Å². The lowest BCUT2D eigenvalue weighted by Gasteiger charge is -2.17. The number of likely N-dealkylation sites (tertiary alicyclic amines) is 1. The summed E-state index contributed by atoms with van der Waals surface area (Å²) in [5, 5.41) is 1.70. The van der Waals surface area contributed by atoms with Crippen LogP contribution in [0, 0.1) is 5.92 Å². The Morgan fingerprint density at radius 3 is 2.95 bits per heavy atom. The molecule has 1 fully saturated rings. The van der Waals surface area contributed by atoms with E-state index in [4.69, 9.17) is 10.5 Å². The molecule has 1 aromatic carbocycles. The number of ether oxygens (including phenoxy) is 1. The zero-order valence-corrected chi connectivity index (χ0v) is 12.1. The molecule has 1 unspecified atom stereocenters. The molecular weight excluding hydrogens is 266 g/mol. The summed E-state index contributed by atoms with van der Waals surface area (Å²) in [7, 11) is 1.70. The van der Waals surface area contributed by atoms with Gasteiger partial charge < -0.3 is 15.4 Å². The standard InChI is InChI=1S/C16H19N3O2/c1-21-10-11-6-7-19(9-11)16(20)14-8-18-15(17)13-5-3-2-4-12(13)14/h2-5,8,11H,6-7,9-10H2,1H3,(H2,17,18). The maximum atomic E-state index is 12.7. The predicted octanol–water partition coefficient (Wildman–Crippen LogP) is 1.93. The van der Waals surface area contributed by atoms with Gasteiger partial charge in [0.25, 0.3) is 5.91 Å². The Bertz CT molecular complexity index is 672. The van der Waals surface area contributed by atoms with Crippen LogP contribution in [0.25, 0.3) is 10.8 Å². The summed E-state index contributed by atoms with van der Waals surface area (Å²) in [6.07, 6.45) is 2.57. The molecule has 1 aliphatic rings. The highest BCUT2D eigenvalue weighted by Gasteiger charge is 2.28. The van der Waals surface area contributed by atoms with E-state index in [1.807, 2.05) is 29.2 Å². The highest BCUT2D eigenvalue weighted by atomic mass is 16.5. The van der Waals surface area contributed by atoms with Crippen LogP contribution in [0.5, 0.6) is 0 Å². The van der Waals surface area contributed by atoms with E-state index in [0.717, 1.165) is 30.3 Å². The van der Waals surface area contributed by atoms with E-state index in [-0.39, 0.29) is 5.91 Å². The summed E-state index contributed by atoms with van der Waals surface area (Å²) in [4.78, 5) is 18.8. The number of amides is 1. The monoisotopic (exact) mass is 285 g/mol. The van der Waals surface area contributed by atoms with Crippen LogP contribution in [-0.2, 0) is 4.74 Å². The summed E-state index contributed by atoms with van der Waals surface area (Å²) >= 11 is 0. The van der Waals surface area contributed by atoms with Gasteiger partial charge in [-0.2, -0.15) is 0 Å². The van der Waals surface area contributed by atoms with Gasteiger partial charge in [0.05, 0.1) is 12.2 Å². The normalized spacial score (nSPS) is 18.3. The number of methoxy groups -OCH3 is 1. The number of pyridine rings is 1. The maximum absolute atomic E-state index is 12.7. The Balaban J connectivity index is 1.91. The van der Waals surface area contributed by atoms with Gasteiger partial charge in [-0.15, -0.1) is 0 Å². The Morgan fingerprint density at radius 1 is 1.43 bits per heavy atom. The molecule has 1 amide bonds. The molecule has 0 saturated carbocycles. The average Bonchev–Trinajstić information content (AvgIpc) is 2.96. The number of benzene rings is 1. The van der Waals surface area contributed by atoms with Gasteiger partial charge in [-0.05, 0) is 11.8 Å². The summed E-state index contributed by atoms with van der Waals surface area (Å²) in [5.74, 6) is 0.907. The molecule has 110 valence electrons. The molecule has 1 saturated heterocycles. The lowest BCUT2D eigenvalue weighted by molar-refractivity contribution is 0.0777. The van der Waals surface area contributed by atoms with Crippen molar-refractivity contribution in [3.05, 3.63) is 36.0 Å². The molecule has 5 heteroatoms. The molecule has 21 heavy (non-hydrogen) atoms. The minimum atomic E-state index is 0.0253. The van der Waals surface area contributed by atoms with E-state index in [0.29, 0.717) is 23.9 Å². The van der Waals surface area contributed by atoms with Crippen LogP contribution in [-0.4, -0.2) is 42.6 Å². The van der Waals surface area contributed by atoms with E-state index in [1.165, 1.54) is 0 Å². The summed E-state index contributed by atoms with van der Waals surface area (Å²) in [5.41, 5.74) is 6.51. The fourth-order valence-corrected chi connectivity index (χ4v) is 2.94. The van der Waals surface area contributed by atoms with Gasteiger partial charge in [-0.1, -0.05) is 24.3 Å². The first kappa shape index (κ1) is 13.8. The number of nitrogens with two attached hydrogens (primary N) is 1. The number of aromatic nitrogens is 1. The summed E-state index contributed by atoms with van der Waals surface area (Å²) in [6, 6.07) is 7.63. The third-order valence-electron chi connectivity index (χ3n) is 4.03. The van der Waals surface area contributed by atoms with E-state index in [9.17, 15) is 4.79 Å². The molecule has 2 heterocycles. The lowest BCUT2D eigenvalue weighted by Crippen LogP contribution is -2.29. The molecule has 0 spiro atoms. The third-order valence-corrected chi connectivity index (χ3v) is 4.03. The molecule has 1 aliphatic heterocycles. The number of hydrogen-bond donors (Lipinski definition) is 1. The molecule has 3 rings (SSSR count). The first-order valence-corrected chi connectivity index (χ1v) is 7.12. The number of nitrogens with zero attached hydrogens (tertiary/aromatic N) is 2. The van der Waals surface area contributed by atoms with Crippen molar-refractivity contribution >= 4 is 22.5 Å². The zero-order chi connectivity index (χ0) is 14.8. The van der Waals surface area contributed by atoms with Crippen molar-refractivity contribution in [1.82, 2.24) is 9.88 Å². The number of rotatable bonds is 3. The Hall–Kier alpha value is -2.14. The van der Waals surface area contributed by atoms with E-state index in [1.54, 1.807) is 13.3 Å².